The van der Waals surface area contributed by atoms with E-state index in [1.807, 2.05) is 43.4 Å². The van der Waals surface area contributed by atoms with Crippen LogP contribution in [0.25, 0.3) is 10.9 Å². The highest BCUT2D eigenvalue weighted by atomic mass is 32.2. The van der Waals surface area contributed by atoms with Gasteiger partial charge in [0.25, 0.3) is 0 Å². The molecule has 8 nitrogen and oxygen atoms in total. The van der Waals surface area contributed by atoms with Gasteiger partial charge in [-0.3, -0.25) is 14.9 Å². The predicted octanol–water partition coefficient (Wildman–Crippen LogP) is 3.41. The minimum Gasteiger partial charge on any atom is -0.493 e. The molecular formula is C21H25N5O3S. The molecular weight excluding hydrogens is 402 g/mol. The van der Waals surface area contributed by atoms with Crippen molar-refractivity contribution in [1.29, 1.82) is 0 Å². The van der Waals surface area contributed by atoms with E-state index in [2.05, 4.69) is 14.6 Å². The standard InChI is InChI=1S/C21H25N5O3S/c1-25(12-14-5-7-15(8-6-14)24-30-22)21-16-9-19(28-3)20(29-4)10-17(16)23-11-18(21)26(2)13-27/h5-11,13,24H,12,22H2,1-4H3. The van der Waals surface area contributed by atoms with Gasteiger partial charge in [0.1, 0.15) is 0 Å². The maximum Gasteiger partial charge on any atom is 0.213 e. The van der Waals surface area contributed by atoms with Crippen molar-refractivity contribution >= 4 is 46.5 Å². The van der Waals surface area contributed by atoms with Gasteiger partial charge in [-0.2, -0.15) is 0 Å². The van der Waals surface area contributed by atoms with Gasteiger partial charge in [-0.25, -0.2) is 0 Å². The number of benzene rings is 2. The first kappa shape index (κ1) is 21.5. The lowest BCUT2D eigenvalue weighted by Crippen LogP contribution is -2.22. The zero-order valence-electron chi connectivity index (χ0n) is 17.4. The molecule has 158 valence electrons. The second-order valence-electron chi connectivity index (χ2n) is 6.71. The van der Waals surface area contributed by atoms with Crippen LogP contribution in [-0.2, 0) is 11.3 Å². The molecule has 0 fully saturated rings. The minimum absolute atomic E-state index is 0.599. The van der Waals surface area contributed by atoms with Gasteiger partial charge in [0, 0.05) is 49.9 Å². The topological polar surface area (TPSA) is 93.0 Å². The first-order chi connectivity index (χ1) is 14.5. The van der Waals surface area contributed by atoms with Crippen LogP contribution in [0.3, 0.4) is 0 Å². The maximum atomic E-state index is 11.5. The number of hydrogen-bond donors (Lipinski definition) is 2. The molecule has 3 N–H and O–H groups in total. The molecule has 0 aliphatic rings. The summed E-state index contributed by atoms with van der Waals surface area (Å²) in [6, 6.07) is 11.7. The molecule has 3 aromatic rings. The Morgan fingerprint density at radius 2 is 1.80 bits per heavy atom. The first-order valence-corrected chi connectivity index (χ1v) is 10.0. The number of carbonyl (C=O) groups is 1. The van der Waals surface area contributed by atoms with Crippen molar-refractivity contribution in [2.45, 2.75) is 6.54 Å². The van der Waals surface area contributed by atoms with Gasteiger partial charge in [0.05, 0.1) is 37.3 Å². The van der Waals surface area contributed by atoms with Gasteiger partial charge in [-0.15, -0.1) is 0 Å². The number of nitrogens with zero attached hydrogens (tertiary/aromatic N) is 3. The third kappa shape index (κ3) is 4.37. The summed E-state index contributed by atoms with van der Waals surface area (Å²) in [6.45, 7) is 0.628. The highest BCUT2D eigenvalue weighted by molar-refractivity contribution is 7.98. The molecule has 0 atom stereocenters. The van der Waals surface area contributed by atoms with Crippen molar-refractivity contribution in [3.63, 3.8) is 0 Å². The number of anilines is 3. The molecule has 1 heterocycles. The Kier molecular flexibility index (Phi) is 6.86. The number of aromatic nitrogens is 1. The first-order valence-electron chi connectivity index (χ1n) is 9.17. The number of carbonyl (C=O) groups excluding carboxylic acids is 1. The minimum atomic E-state index is 0.599. The Morgan fingerprint density at radius 3 is 2.40 bits per heavy atom. The number of pyridine rings is 1. The molecule has 9 heteroatoms. The second-order valence-corrected chi connectivity index (χ2v) is 7.15. The Balaban J connectivity index is 2.08. The lowest BCUT2D eigenvalue weighted by Gasteiger charge is -2.27. The van der Waals surface area contributed by atoms with Crippen molar-refractivity contribution in [2.24, 2.45) is 5.14 Å². The highest BCUT2D eigenvalue weighted by Crippen LogP contribution is 2.40. The number of nitrogens with one attached hydrogen (secondary N) is 1. The summed E-state index contributed by atoms with van der Waals surface area (Å²) in [6.07, 6.45) is 2.46. The van der Waals surface area contributed by atoms with E-state index in [1.54, 1.807) is 27.5 Å². The number of rotatable bonds is 9. The van der Waals surface area contributed by atoms with Crippen LogP contribution in [-0.4, -0.2) is 39.7 Å². The summed E-state index contributed by atoms with van der Waals surface area (Å²) >= 11 is 1.06. The number of ether oxygens (including phenoxy) is 2. The molecule has 30 heavy (non-hydrogen) atoms. The highest BCUT2D eigenvalue weighted by Gasteiger charge is 2.19. The number of methoxy groups -OCH3 is 2. The van der Waals surface area contributed by atoms with Crippen molar-refractivity contribution in [3.05, 3.63) is 48.2 Å². The van der Waals surface area contributed by atoms with Crippen molar-refractivity contribution in [1.82, 2.24) is 4.98 Å². The van der Waals surface area contributed by atoms with Gasteiger partial charge < -0.3 is 24.0 Å². The SMILES string of the molecule is COc1cc2ncc(N(C)C=O)c(N(C)Cc3ccc(NSN)cc3)c2cc1OC. The molecule has 0 aliphatic heterocycles. The zero-order valence-corrected chi connectivity index (χ0v) is 18.2. The number of nitrogens with two attached hydrogens (primary N) is 1. The molecule has 0 saturated heterocycles. The van der Waals surface area contributed by atoms with Gasteiger partial charge >= 0.3 is 0 Å². The normalized spacial score (nSPS) is 10.6. The van der Waals surface area contributed by atoms with E-state index in [0.29, 0.717) is 23.7 Å². The zero-order chi connectivity index (χ0) is 21.7. The fraction of sp³-hybridized carbons (Fsp3) is 0.238. The quantitative estimate of drug-likeness (QED) is 0.396. The molecule has 0 spiro atoms. The van der Waals surface area contributed by atoms with Crippen LogP contribution in [0.4, 0.5) is 17.1 Å². The van der Waals surface area contributed by atoms with Gasteiger partial charge in [0.15, 0.2) is 11.5 Å². The average Bonchev–Trinajstić information content (AvgIpc) is 2.78. The maximum absolute atomic E-state index is 11.5. The van der Waals surface area contributed by atoms with Crippen LogP contribution in [0.5, 0.6) is 11.5 Å². The van der Waals surface area contributed by atoms with Crippen molar-refractivity contribution < 1.29 is 14.3 Å². The second kappa shape index (κ2) is 9.55. The van der Waals surface area contributed by atoms with E-state index >= 15 is 0 Å². The lowest BCUT2D eigenvalue weighted by atomic mass is 10.1. The molecule has 0 radical (unpaired) electrons. The van der Waals surface area contributed by atoms with Crippen LogP contribution >= 0.6 is 12.1 Å². The summed E-state index contributed by atoms with van der Waals surface area (Å²) in [5, 5.41) is 6.31. The fourth-order valence-electron chi connectivity index (χ4n) is 3.31. The lowest BCUT2D eigenvalue weighted by molar-refractivity contribution is -0.107. The Morgan fingerprint density at radius 1 is 1.13 bits per heavy atom. The largest absolute Gasteiger partial charge is 0.493 e. The van der Waals surface area contributed by atoms with Gasteiger partial charge in [-0.1, -0.05) is 12.1 Å². The Hall–Kier alpha value is -3.17. The third-order valence-corrected chi connectivity index (χ3v) is 5.15. The van der Waals surface area contributed by atoms with E-state index < -0.39 is 0 Å². The number of amides is 1. The van der Waals surface area contributed by atoms with E-state index in [4.69, 9.17) is 14.6 Å². The molecule has 0 unspecified atom stereocenters. The van der Waals surface area contributed by atoms with Crippen molar-refractivity contribution in [3.8, 4) is 11.5 Å². The summed E-state index contributed by atoms with van der Waals surface area (Å²) in [5.41, 5.74) is 4.36. The van der Waals surface area contributed by atoms with E-state index in [0.717, 1.165) is 46.4 Å². The molecule has 0 aliphatic carbocycles. The molecule has 1 amide bonds. The third-order valence-electron chi connectivity index (χ3n) is 4.80. The Bertz CT molecular complexity index is 1030. The Labute approximate surface area is 180 Å². The van der Waals surface area contributed by atoms with E-state index in [9.17, 15) is 4.79 Å². The fourth-order valence-corrected chi connectivity index (χ4v) is 3.58. The van der Waals surface area contributed by atoms with E-state index in [1.165, 1.54) is 4.90 Å². The summed E-state index contributed by atoms with van der Waals surface area (Å²) in [4.78, 5) is 19.6. The van der Waals surface area contributed by atoms with Crippen molar-refractivity contribution in [2.75, 3.05) is 42.8 Å². The molecule has 1 aromatic heterocycles. The van der Waals surface area contributed by atoms with Crippen LogP contribution < -0.4 is 29.1 Å². The van der Waals surface area contributed by atoms with Crippen LogP contribution in [0.15, 0.2) is 42.6 Å². The molecule has 3 rings (SSSR count). The predicted molar refractivity (Wildman–Crippen MR) is 123 cm³/mol. The van der Waals surface area contributed by atoms with Crippen LogP contribution in [0.1, 0.15) is 5.56 Å². The van der Waals surface area contributed by atoms with Gasteiger partial charge in [-0.05, 0) is 23.8 Å². The molecule has 0 bridgehead atoms. The summed E-state index contributed by atoms with van der Waals surface area (Å²) in [5.74, 6) is 1.20. The molecule has 2 aromatic carbocycles. The van der Waals surface area contributed by atoms with Crippen LogP contribution in [0.2, 0.25) is 0 Å². The van der Waals surface area contributed by atoms with Gasteiger partial charge in [0.2, 0.25) is 6.41 Å². The van der Waals surface area contributed by atoms with E-state index in [-0.39, 0.29) is 0 Å². The molecule has 0 saturated carbocycles. The number of fused-ring (bicyclic) bond motifs is 1. The summed E-state index contributed by atoms with van der Waals surface area (Å²) < 4.78 is 13.9. The summed E-state index contributed by atoms with van der Waals surface area (Å²) in [7, 11) is 6.87. The number of hydrogen-bond acceptors (Lipinski definition) is 8. The monoisotopic (exact) mass is 427 g/mol. The van der Waals surface area contributed by atoms with Crippen LogP contribution in [0, 0.1) is 0 Å². The smallest absolute Gasteiger partial charge is 0.213 e. The average molecular weight is 428 g/mol.